The molecule has 2 heterocycles. The van der Waals surface area contributed by atoms with Gasteiger partial charge in [0, 0.05) is 23.4 Å². The molecule has 3 nitrogen and oxygen atoms in total. The number of nitrogens with zero attached hydrogens (tertiary/aromatic N) is 1. The second-order valence-corrected chi connectivity index (χ2v) is 7.21. The topological polar surface area (TPSA) is 42.0 Å². The van der Waals surface area contributed by atoms with Crippen molar-refractivity contribution in [3.63, 3.8) is 0 Å². The zero-order valence-electron chi connectivity index (χ0n) is 11.6. The van der Waals surface area contributed by atoms with Crippen molar-refractivity contribution in [2.24, 2.45) is 11.8 Å². The molecule has 3 unspecified atom stereocenters. The molecule has 3 rings (SSSR count). The smallest absolute Gasteiger partial charge is 0.223 e. The summed E-state index contributed by atoms with van der Waals surface area (Å²) in [6.45, 7) is 4.12. The highest BCUT2D eigenvalue weighted by atomic mass is 32.1. The van der Waals surface area contributed by atoms with Crippen molar-refractivity contribution in [1.82, 2.24) is 10.3 Å². The number of nitrogens with one attached hydrogen (secondary N) is 1. The summed E-state index contributed by atoms with van der Waals surface area (Å²) < 4.78 is 0. The number of hydrogen-bond acceptors (Lipinski definition) is 4. The summed E-state index contributed by atoms with van der Waals surface area (Å²) >= 11 is 3.32. The van der Waals surface area contributed by atoms with E-state index in [4.69, 9.17) is 0 Å². The van der Waals surface area contributed by atoms with E-state index in [2.05, 4.69) is 34.1 Å². The molecule has 0 aromatic carbocycles. The van der Waals surface area contributed by atoms with Gasteiger partial charge in [-0.3, -0.25) is 4.79 Å². The molecular weight excluding hydrogens is 288 g/mol. The Kier molecular flexibility index (Phi) is 3.89. The Balaban J connectivity index is 1.74. The predicted molar refractivity (Wildman–Crippen MR) is 83.0 cm³/mol. The molecule has 106 valence electrons. The lowest BCUT2D eigenvalue weighted by Gasteiger charge is -2.16. The largest absolute Gasteiger partial charge is 0.346 e. The molecule has 5 heteroatoms. The maximum atomic E-state index is 12.2. The molecule has 20 heavy (non-hydrogen) atoms. The number of carbonyl (C=O) groups is 1. The van der Waals surface area contributed by atoms with Gasteiger partial charge < -0.3 is 5.32 Å². The Morgan fingerprint density at radius 3 is 2.90 bits per heavy atom. The van der Waals surface area contributed by atoms with E-state index < -0.39 is 0 Å². The molecule has 1 saturated carbocycles. The lowest BCUT2D eigenvalue weighted by molar-refractivity contribution is -0.123. The highest BCUT2D eigenvalue weighted by Crippen LogP contribution is 2.38. The first-order valence-corrected chi connectivity index (χ1v) is 8.69. The van der Waals surface area contributed by atoms with Crippen LogP contribution < -0.4 is 5.32 Å². The van der Waals surface area contributed by atoms with Crippen molar-refractivity contribution < 1.29 is 4.79 Å². The number of amides is 1. The van der Waals surface area contributed by atoms with Crippen LogP contribution in [0.4, 0.5) is 0 Å². The number of aromatic nitrogens is 1. The standard InChI is InChI=1S/C15H18N2OS2/c1-9-5-12(9)14(18)17-13(6-11-3-4-19-8-11)15-16-10(2)7-20-15/h3-4,7-9,12-13H,5-6H2,1-2H3,(H,17,18). The fraction of sp³-hybridized carbons (Fsp3) is 0.467. The quantitative estimate of drug-likeness (QED) is 0.917. The third-order valence-corrected chi connectivity index (χ3v) is 5.53. The van der Waals surface area contributed by atoms with Crippen molar-refractivity contribution in [2.75, 3.05) is 0 Å². The van der Waals surface area contributed by atoms with Crippen LogP contribution in [0, 0.1) is 18.8 Å². The highest BCUT2D eigenvalue weighted by molar-refractivity contribution is 7.09. The maximum absolute atomic E-state index is 12.2. The van der Waals surface area contributed by atoms with E-state index in [9.17, 15) is 4.79 Å². The Hall–Kier alpha value is -1.20. The summed E-state index contributed by atoms with van der Waals surface area (Å²) in [4.78, 5) is 16.8. The van der Waals surface area contributed by atoms with Gasteiger partial charge in [0.05, 0.1) is 6.04 Å². The normalized spacial score (nSPS) is 22.5. The average molecular weight is 306 g/mol. The highest BCUT2D eigenvalue weighted by Gasteiger charge is 2.40. The van der Waals surface area contributed by atoms with Crippen LogP contribution in [0.5, 0.6) is 0 Å². The minimum absolute atomic E-state index is 0.00333. The first kappa shape index (κ1) is 13.8. The van der Waals surface area contributed by atoms with E-state index in [1.165, 1.54) is 5.56 Å². The second-order valence-electron chi connectivity index (χ2n) is 5.54. The molecule has 0 radical (unpaired) electrons. The van der Waals surface area contributed by atoms with E-state index in [-0.39, 0.29) is 17.9 Å². The lowest BCUT2D eigenvalue weighted by atomic mass is 10.1. The van der Waals surface area contributed by atoms with Gasteiger partial charge in [-0.15, -0.1) is 11.3 Å². The summed E-state index contributed by atoms with van der Waals surface area (Å²) in [5.74, 6) is 0.932. The van der Waals surface area contributed by atoms with Crippen molar-refractivity contribution >= 4 is 28.6 Å². The fourth-order valence-electron chi connectivity index (χ4n) is 2.34. The third-order valence-electron chi connectivity index (χ3n) is 3.72. The second kappa shape index (κ2) is 5.66. The van der Waals surface area contributed by atoms with Gasteiger partial charge in [-0.1, -0.05) is 6.92 Å². The summed E-state index contributed by atoms with van der Waals surface area (Å²) in [6.07, 6.45) is 1.84. The molecule has 1 N–H and O–H groups in total. The van der Waals surface area contributed by atoms with E-state index in [0.29, 0.717) is 5.92 Å². The number of rotatable bonds is 5. The summed E-state index contributed by atoms with van der Waals surface area (Å²) in [5.41, 5.74) is 2.28. The van der Waals surface area contributed by atoms with Gasteiger partial charge in [0.2, 0.25) is 5.91 Å². The Bertz CT molecular complexity index is 591. The number of aryl methyl sites for hydroxylation is 1. The van der Waals surface area contributed by atoms with Gasteiger partial charge >= 0.3 is 0 Å². The van der Waals surface area contributed by atoms with Gasteiger partial charge in [-0.05, 0) is 41.7 Å². The van der Waals surface area contributed by atoms with E-state index >= 15 is 0 Å². The molecule has 1 fully saturated rings. The van der Waals surface area contributed by atoms with Crippen LogP contribution in [0.2, 0.25) is 0 Å². The molecular formula is C15H18N2OS2. The third kappa shape index (κ3) is 3.10. The van der Waals surface area contributed by atoms with E-state index in [1.807, 2.05) is 12.3 Å². The number of carbonyl (C=O) groups excluding carboxylic acids is 1. The first-order chi connectivity index (χ1) is 9.63. The van der Waals surface area contributed by atoms with Crippen molar-refractivity contribution in [3.05, 3.63) is 38.5 Å². The predicted octanol–water partition coefficient (Wildman–Crippen LogP) is 3.57. The lowest BCUT2D eigenvalue weighted by Crippen LogP contribution is -2.31. The van der Waals surface area contributed by atoms with Crippen molar-refractivity contribution in [1.29, 1.82) is 0 Å². The van der Waals surface area contributed by atoms with E-state index in [1.54, 1.807) is 22.7 Å². The van der Waals surface area contributed by atoms with Crippen LogP contribution in [0.1, 0.15) is 35.7 Å². The zero-order valence-corrected chi connectivity index (χ0v) is 13.3. The molecule has 2 aromatic heterocycles. The molecule has 0 aliphatic heterocycles. The van der Waals surface area contributed by atoms with Gasteiger partial charge in [0.25, 0.3) is 0 Å². The average Bonchev–Trinajstić information content (AvgIpc) is 2.83. The molecule has 0 bridgehead atoms. The summed E-state index contributed by atoms with van der Waals surface area (Å²) in [7, 11) is 0. The molecule has 3 atom stereocenters. The number of thiazole rings is 1. The Morgan fingerprint density at radius 2 is 2.35 bits per heavy atom. The Morgan fingerprint density at radius 1 is 1.55 bits per heavy atom. The first-order valence-electron chi connectivity index (χ1n) is 6.87. The maximum Gasteiger partial charge on any atom is 0.223 e. The molecule has 0 spiro atoms. The van der Waals surface area contributed by atoms with Crippen LogP contribution >= 0.6 is 22.7 Å². The van der Waals surface area contributed by atoms with E-state index in [0.717, 1.165) is 23.5 Å². The molecule has 1 aliphatic carbocycles. The molecule has 1 aliphatic rings. The Labute approximate surface area is 127 Å². The van der Waals surface area contributed by atoms with Gasteiger partial charge in [-0.25, -0.2) is 4.98 Å². The number of thiophene rings is 1. The van der Waals surface area contributed by atoms with Crippen LogP contribution in [-0.4, -0.2) is 10.9 Å². The fourth-order valence-corrected chi connectivity index (χ4v) is 3.87. The number of hydrogen-bond donors (Lipinski definition) is 1. The van der Waals surface area contributed by atoms with Crippen LogP contribution in [0.25, 0.3) is 0 Å². The van der Waals surface area contributed by atoms with Crippen LogP contribution in [0.3, 0.4) is 0 Å². The van der Waals surface area contributed by atoms with Gasteiger partial charge in [-0.2, -0.15) is 11.3 Å². The van der Waals surface area contributed by atoms with Gasteiger partial charge in [0.15, 0.2) is 0 Å². The zero-order chi connectivity index (χ0) is 14.1. The minimum Gasteiger partial charge on any atom is -0.346 e. The monoisotopic (exact) mass is 306 g/mol. The van der Waals surface area contributed by atoms with Crippen molar-refractivity contribution in [2.45, 2.75) is 32.7 Å². The van der Waals surface area contributed by atoms with Crippen molar-refractivity contribution in [3.8, 4) is 0 Å². The summed E-state index contributed by atoms with van der Waals surface area (Å²) in [6, 6.07) is 2.12. The molecule has 2 aromatic rings. The SMILES string of the molecule is Cc1csc(C(Cc2ccsc2)NC(=O)C2CC2C)n1. The summed E-state index contributed by atoms with van der Waals surface area (Å²) in [5, 5.41) is 10.5. The van der Waals surface area contributed by atoms with Crippen LogP contribution in [-0.2, 0) is 11.2 Å². The molecule has 0 saturated heterocycles. The minimum atomic E-state index is 0.00333. The van der Waals surface area contributed by atoms with Gasteiger partial charge in [0.1, 0.15) is 5.01 Å². The van der Waals surface area contributed by atoms with Crippen LogP contribution in [0.15, 0.2) is 22.2 Å². The molecule has 1 amide bonds.